The summed E-state index contributed by atoms with van der Waals surface area (Å²) in [6.45, 7) is 3.25. The number of fused-ring (bicyclic) bond motifs is 1. The van der Waals surface area contributed by atoms with Crippen LogP contribution in [-0.2, 0) is 0 Å². The highest BCUT2D eigenvalue weighted by Crippen LogP contribution is 2.29. The van der Waals surface area contributed by atoms with E-state index in [1.807, 2.05) is 41.3 Å². The van der Waals surface area contributed by atoms with Gasteiger partial charge in [-0.25, -0.2) is 0 Å². The molecule has 0 aliphatic carbocycles. The molecule has 104 valence electrons. The third-order valence-corrected chi connectivity index (χ3v) is 3.74. The molecule has 1 aliphatic heterocycles. The number of amides is 1. The van der Waals surface area contributed by atoms with E-state index in [-0.39, 0.29) is 5.91 Å². The summed E-state index contributed by atoms with van der Waals surface area (Å²) in [6, 6.07) is 11.6. The van der Waals surface area contributed by atoms with E-state index in [4.69, 9.17) is 4.74 Å². The number of hydrogen-bond acceptors (Lipinski definition) is 3. The number of carbonyl (C=O) groups excluding carboxylic acids is 1. The van der Waals surface area contributed by atoms with Gasteiger partial charge in [0.15, 0.2) is 0 Å². The first kappa shape index (κ1) is 12.9. The highest BCUT2D eigenvalue weighted by atomic mass is 16.5. The number of hydrogen-bond donors (Lipinski definition) is 1. The number of carbonyl (C=O) groups is 1. The lowest BCUT2D eigenvalue weighted by Crippen LogP contribution is -2.46. The Labute approximate surface area is 118 Å². The average Bonchev–Trinajstić information content (AvgIpc) is 2.54. The molecule has 0 saturated carbocycles. The molecule has 2 aromatic carbocycles. The van der Waals surface area contributed by atoms with Gasteiger partial charge < -0.3 is 15.0 Å². The van der Waals surface area contributed by atoms with Gasteiger partial charge in [0.25, 0.3) is 5.91 Å². The highest BCUT2D eigenvalue weighted by molar-refractivity contribution is 6.08. The number of piperazine rings is 1. The minimum atomic E-state index is 0.102. The van der Waals surface area contributed by atoms with Crippen LogP contribution in [0.25, 0.3) is 10.8 Å². The maximum absolute atomic E-state index is 12.7. The summed E-state index contributed by atoms with van der Waals surface area (Å²) < 4.78 is 5.37. The molecule has 4 heteroatoms. The minimum Gasteiger partial charge on any atom is -0.496 e. The largest absolute Gasteiger partial charge is 0.496 e. The summed E-state index contributed by atoms with van der Waals surface area (Å²) in [5.74, 6) is 0.905. The summed E-state index contributed by atoms with van der Waals surface area (Å²) in [4.78, 5) is 14.6. The molecule has 4 nitrogen and oxygen atoms in total. The number of rotatable bonds is 2. The van der Waals surface area contributed by atoms with Crippen LogP contribution in [0.15, 0.2) is 36.4 Å². The SMILES string of the molecule is COc1ccc(C(=O)N2CCNCC2)c2ccccc12. The van der Waals surface area contributed by atoms with Crippen molar-refractivity contribution in [3.63, 3.8) is 0 Å². The molecule has 20 heavy (non-hydrogen) atoms. The van der Waals surface area contributed by atoms with Crippen molar-refractivity contribution in [2.45, 2.75) is 0 Å². The summed E-state index contributed by atoms with van der Waals surface area (Å²) in [5, 5.41) is 5.20. The quantitative estimate of drug-likeness (QED) is 0.906. The van der Waals surface area contributed by atoms with Gasteiger partial charge in [0.05, 0.1) is 7.11 Å². The predicted molar refractivity (Wildman–Crippen MR) is 79.3 cm³/mol. The van der Waals surface area contributed by atoms with Crippen molar-refractivity contribution in [2.24, 2.45) is 0 Å². The first-order valence-electron chi connectivity index (χ1n) is 6.87. The van der Waals surface area contributed by atoms with Gasteiger partial charge in [0.1, 0.15) is 5.75 Å². The molecule has 1 saturated heterocycles. The molecule has 1 N–H and O–H groups in total. The Kier molecular flexibility index (Phi) is 3.56. The predicted octanol–water partition coefficient (Wildman–Crippen LogP) is 1.89. The number of methoxy groups -OCH3 is 1. The zero-order chi connectivity index (χ0) is 13.9. The molecule has 1 heterocycles. The molecule has 0 aromatic heterocycles. The number of nitrogens with zero attached hydrogens (tertiary/aromatic N) is 1. The van der Waals surface area contributed by atoms with Crippen molar-refractivity contribution in [3.05, 3.63) is 42.0 Å². The van der Waals surface area contributed by atoms with Crippen LogP contribution in [0.3, 0.4) is 0 Å². The van der Waals surface area contributed by atoms with Crippen LogP contribution in [0.4, 0.5) is 0 Å². The van der Waals surface area contributed by atoms with Crippen LogP contribution in [0.5, 0.6) is 5.75 Å². The van der Waals surface area contributed by atoms with Gasteiger partial charge in [-0.15, -0.1) is 0 Å². The monoisotopic (exact) mass is 270 g/mol. The van der Waals surface area contributed by atoms with E-state index in [1.165, 1.54) is 0 Å². The average molecular weight is 270 g/mol. The van der Waals surface area contributed by atoms with E-state index in [1.54, 1.807) is 7.11 Å². The Morgan fingerprint density at radius 2 is 1.80 bits per heavy atom. The summed E-state index contributed by atoms with van der Waals surface area (Å²) in [6.07, 6.45) is 0. The second kappa shape index (κ2) is 5.51. The molecular weight excluding hydrogens is 252 g/mol. The van der Waals surface area contributed by atoms with Gasteiger partial charge >= 0.3 is 0 Å². The zero-order valence-electron chi connectivity index (χ0n) is 11.6. The van der Waals surface area contributed by atoms with Crippen LogP contribution in [0, 0.1) is 0 Å². The molecular formula is C16H18N2O2. The van der Waals surface area contributed by atoms with E-state index >= 15 is 0 Å². The maximum atomic E-state index is 12.7. The lowest BCUT2D eigenvalue weighted by Gasteiger charge is -2.28. The van der Waals surface area contributed by atoms with Gasteiger partial charge in [-0.05, 0) is 17.5 Å². The van der Waals surface area contributed by atoms with Crippen LogP contribution < -0.4 is 10.1 Å². The zero-order valence-corrected chi connectivity index (χ0v) is 11.6. The second-order valence-electron chi connectivity index (χ2n) is 4.90. The molecule has 0 radical (unpaired) electrons. The second-order valence-corrected chi connectivity index (χ2v) is 4.90. The van der Waals surface area contributed by atoms with Crippen molar-refractivity contribution >= 4 is 16.7 Å². The van der Waals surface area contributed by atoms with E-state index in [0.29, 0.717) is 0 Å². The van der Waals surface area contributed by atoms with Crippen molar-refractivity contribution < 1.29 is 9.53 Å². The lowest BCUT2D eigenvalue weighted by atomic mass is 10.0. The smallest absolute Gasteiger partial charge is 0.254 e. The first-order chi connectivity index (χ1) is 9.81. The fourth-order valence-corrected chi connectivity index (χ4v) is 2.67. The topological polar surface area (TPSA) is 41.6 Å². The van der Waals surface area contributed by atoms with Crippen LogP contribution in [-0.4, -0.2) is 44.1 Å². The Bertz CT molecular complexity index is 633. The molecule has 1 amide bonds. The first-order valence-corrected chi connectivity index (χ1v) is 6.87. The van der Waals surface area contributed by atoms with Crippen molar-refractivity contribution in [1.29, 1.82) is 0 Å². The van der Waals surface area contributed by atoms with Gasteiger partial charge in [0, 0.05) is 37.1 Å². The van der Waals surface area contributed by atoms with Gasteiger partial charge in [-0.1, -0.05) is 24.3 Å². The highest BCUT2D eigenvalue weighted by Gasteiger charge is 2.20. The summed E-state index contributed by atoms with van der Waals surface area (Å²) in [5.41, 5.74) is 0.753. The van der Waals surface area contributed by atoms with Crippen LogP contribution in [0.1, 0.15) is 10.4 Å². The normalized spacial score (nSPS) is 15.3. The van der Waals surface area contributed by atoms with E-state index < -0.39 is 0 Å². The van der Waals surface area contributed by atoms with Crippen LogP contribution >= 0.6 is 0 Å². The summed E-state index contributed by atoms with van der Waals surface area (Å²) in [7, 11) is 1.65. The minimum absolute atomic E-state index is 0.102. The third-order valence-electron chi connectivity index (χ3n) is 3.74. The van der Waals surface area contributed by atoms with Gasteiger partial charge in [-0.2, -0.15) is 0 Å². The van der Waals surface area contributed by atoms with E-state index in [0.717, 1.165) is 48.3 Å². The number of benzene rings is 2. The fourth-order valence-electron chi connectivity index (χ4n) is 2.67. The molecule has 2 aromatic rings. The number of ether oxygens (including phenoxy) is 1. The molecule has 1 fully saturated rings. The van der Waals surface area contributed by atoms with Gasteiger partial charge in [-0.3, -0.25) is 4.79 Å². The summed E-state index contributed by atoms with van der Waals surface area (Å²) >= 11 is 0. The van der Waals surface area contributed by atoms with Crippen LogP contribution in [0.2, 0.25) is 0 Å². The van der Waals surface area contributed by atoms with Gasteiger partial charge in [0.2, 0.25) is 0 Å². The lowest BCUT2D eigenvalue weighted by molar-refractivity contribution is 0.0738. The Hall–Kier alpha value is -2.07. The van der Waals surface area contributed by atoms with Crippen molar-refractivity contribution in [2.75, 3.05) is 33.3 Å². The Morgan fingerprint density at radius 3 is 2.50 bits per heavy atom. The molecule has 0 atom stereocenters. The Balaban J connectivity index is 2.05. The fraction of sp³-hybridized carbons (Fsp3) is 0.312. The third kappa shape index (κ3) is 2.23. The van der Waals surface area contributed by atoms with E-state index in [2.05, 4.69) is 5.32 Å². The molecule has 1 aliphatic rings. The van der Waals surface area contributed by atoms with E-state index in [9.17, 15) is 4.79 Å². The standard InChI is InChI=1S/C16H18N2O2/c1-20-15-7-6-14(12-4-2-3-5-13(12)15)16(19)18-10-8-17-9-11-18/h2-7,17H,8-11H2,1H3. The molecule has 0 unspecified atom stereocenters. The molecule has 3 rings (SSSR count). The van der Waals surface area contributed by atoms with Crippen molar-refractivity contribution in [3.8, 4) is 5.75 Å². The number of nitrogens with one attached hydrogen (secondary N) is 1. The van der Waals surface area contributed by atoms with Crippen molar-refractivity contribution in [1.82, 2.24) is 10.2 Å². The Morgan fingerprint density at radius 1 is 1.10 bits per heavy atom. The maximum Gasteiger partial charge on any atom is 0.254 e. The molecule has 0 bridgehead atoms. The molecule has 0 spiro atoms.